The first kappa shape index (κ1) is 39.5. The minimum atomic E-state index is -1.52. The van der Waals surface area contributed by atoms with Gasteiger partial charge in [-0.3, -0.25) is 29.3 Å². The van der Waals surface area contributed by atoms with Gasteiger partial charge in [-0.25, -0.2) is 0 Å². The summed E-state index contributed by atoms with van der Waals surface area (Å²) in [6, 6.07) is 12.3. The molecule has 0 aliphatic carbocycles. The minimum absolute atomic E-state index is 0.0500. The topological polar surface area (TPSA) is 174 Å². The van der Waals surface area contributed by atoms with E-state index in [9.17, 15) is 29.3 Å². The van der Waals surface area contributed by atoms with Crippen LogP contribution in [0.5, 0.6) is 0 Å². The van der Waals surface area contributed by atoms with Crippen LogP contribution in [0.15, 0.2) is 48.5 Å². The van der Waals surface area contributed by atoms with Crippen molar-refractivity contribution in [1.82, 2.24) is 0 Å². The molecule has 2 N–H and O–H groups in total. The number of nitro benzene ring substituents is 1. The highest BCUT2D eigenvalue weighted by molar-refractivity contribution is 6.03. The summed E-state index contributed by atoms with van der Waals surface area (Å²) < 4.78 is 21.2. The monoisotopic (exact) mass is 644 g/mol. The molecule has 0 heterocycles. The molecule has 2 aromatic carbocycles. The smallest absolute Gasteiger partial charge is 0.325 e. The van der Waals surface area contributed by atoms with Crippen molar-refractivity contribution < 1.29 is 43.0 Å². The Morgan fingerprint density at radius 2 is 0.848 bits per heavy atom. The van der Waals surface area contributed by atoms with Crippen molar-refractivity contribution in [2.24, 2.45) is 0 Å². The van der Waals surface area contributed by atoms with Gasteiger partial charge in [0.2, 0.25) is 0 Å². The van der Waals surface area contributed by atoms with E-state index in [1.165, 1.54) is 24.3 Å². The molecular weight excluding hydrogens is 596 g/mol. The number of nitrogen functional groups attached to an aromatic ring is 1. The maximum atomic E-state index is 12.5. The van der Waals surface area contributed by atoms with Crippen LogP contribution in [0, 0.1) is 10.1 Å². The van der Waals surface area contributed by atoms with E-state index in [2.05, 4.69) is 0 Å². The van der Waals surface area contributed by atoms with Crippen molar-refractivity contribution in [2.45, 2.75) is 117 Å². The predicted octanol–water partition coefficient (Wildman–Crippen LogP) is 6.40. The predicted molar refractivity (Wildman–Crippen MR) is 173 cm³/mol. The number of anilines is 1. The lowest BCUT2D eigenvalue weighted by Gasteiger charge is -2.27. The first-order valence-electron chi connectivity index (χ1n) is 14.7. The number of benzene rings is 2. The first-order valence-corrected chi connectivity index (χ1v) is 14.7. The number of carbonyl (C=O) groups excluding carboxylic acids is 4. The molecule has 0 radical (unpaired) electrons. The third-order valence-corrected chi connectivity index (χ3v) is 5.32. The van der Waals surface area contributed by atoms with Crippen LogP contribution in [0.3, 0.4) is 0 Å². The van der Waals surface area contributed by atoms with Gasteiger partial charge in [-0.1, -0.05) is 36.4 Å². The Labute approximate surface area is 271 Å². The van der Waals surface area contributed by atoms with Gasteiger partial charge in [-0.05, 0) is 89.2 Å². The van der Waals surface area contributed by atoms with E-state index < -0.39 is 63.0 Å². The van der Waals surface area contributed by atoms with Gasteiger partial charge >= 0.3 is 23.9 Å². The summed E-state index contributed by atoms with van der Waals surface area (Å²) in [7, 11) is 0. The van der Waals surface area contributed by atoms with E-state index in [4.69, 9.17) is 24.7 Å². The normalized spacial score (nSPS) is 12.0. The third kappa shape index (κ3) is 13.7. The Balaban J connectivity index is 0.000000462. The highest BCUT2D eigenvalue weighted by Crippen LogP contribution is 2.31. The first-order chi connectivity index (χ1) is 20.7. The Hall–Kier alpha value is -4.48. The van der Waals surface area contributed by atoms with E-state index in [1.807, 2.05) is 0 Å². The van der Waals surface area contributed by atoms with E-state index >= 15 is 0 Å². The van der Waals surface area contributed by atoms with Crippen LogP contribution in [-0.4, -0.2) is 51.2 Å². The average molecular weight is 645 g/mol. The minimum Gasteiger partial charge on any atom is -0.459 e. The maximum Gasteiger partial charge on any atom is 0.325 e. The molecule has 0 aromatic heterocycles. The number of para-hydroxylation sites is 2. The van der Waals surface area contributed by atoms with E-state index in [0.717, 1.165) is 0 Å². The number of nitro groups is 1. The van der Waals surface area contributed by atoms with Crippen molar-refractivity contribution in [3.8, 4) is 0 Å². The van der Waals surface area contributed by atoms with Crippen LogP contribution in [0.25, 0.3) is 0 Å². The number of hydrogen-bond donors (Lipinski definition) is 1. The molecule has 0 saturated carbocycles. The summed E-state index contributed by atoms with van der Waals surface area (Å²) in [6.07, 6.45) is 0. The average Bonchev–Trinajstić information content (AvgIpc) is 2.81. The van der Waals surface area contributed by atoms with E-state index in [1.54, 1.807) is 107 Å². The van der Waals surface area contributed by atoms with Gasteiger partial charge in [0.1, 0.15) is 22.4 Å². The SMILES string of the molecule is CC(C)(C)OC(=O)C(C(=O)OC(C)(C)C)c1ccccc1N.CC(C)(C)OC(=O)C(C(=O)OC(C)(C)C)c1ccccc1[N+](=O)[O-]. The molecular formula is C34H48N2O10. The second-order valence-corrected chi connectivity index (χ2v) is 14.4. The standard InChI is InChI=1S/C17H23NO6.C17H25NO4/c1-16(2,3)23-14(19)13(15(20)24-17(4,5)6)11-9-7-8-10-12(11)18(21)22;1-16(2,3)21-14(19)13(15(20)22-17(4,5)6)11-9-7-8-10-12(11)18/h7-10,13H,1-6H3;7-10,13H,18H2,1-6H3. The van der Waals surface area contributed by atoms with Gasteiger partial charge in [0.05, 0.1) is 10.5 Å². The van der Waals surface area contributed by atoms with Gasteiger partial charge < -0.3 is 24.7 Å². The maximum absolute atomic E-state index is 12.5. The van der Waals surface area contributed by atoms with Crippen LogP contribution < -0.4 is 5.73 Å². The molecule has 0 atom stereocenters. The molecule has 0 bridgehead atoms. The van der Waals surface area contributed by atoms with Crippen molar-refractivity contribution in [2.75, 3.05) is 5.73 Å². The molecule has 0 unspecified atom stereocenters. The highest BCUT2D eigenvalue weighted by Gasteiger charge is 2.40. The Morgan fingerprint density at radius 1 is 0.565 bits per heavy atom. The number of rotatable bonds is 7. The molecule has 2 rings (SSSR count). The molecule has 0 aliphatic rings. The lowest BCUT2D eigenvalue weighted by atomic mass is 9.96. The molecule has 2 aromatic rings. The fraction of sp³-hybridized carbons (Fsp3) is 0.529. The van der Waals surface area contributed by atoms with Gasteiger partial charge in [-0.2, -0.15) is 0 Å². The Kier molecular flexibility index (Phi) is 13.1. The van der Waals surface area contributed by atoms with Gasteiger partial charge in [0, 0.05) is 17.3 Å². The molecule has 46 heavy (non-hydrogen) atoms. The zero-order valence-corrected chi connectivity index (χ0v) is 28.9. The number of ether oxygens (including phenoxy) is 4. The van der Waals surface area contributed by atoms with E-state index in [0.29, 0.717) is 11.3 Å². The van der Waals surface area contributed by atoms with Crippen molar-refractivity contribution >= 4 is 35.3 Å². The number of esters is 4. The largest absolute Gasteiger partial charge is 0.459 e. The number of carbonyl (C=O) groups is 4. The van der Waals surface area contributed by atoms with Gasteiger partial charge in [0.25, 0.3) is 5.69 Å². The van der Waals surface area contributed by atoms with Crippen LogP contribution in [0.4, 0.5) is 11.4 Å². The second kappa shape index (κ2) is 15.2. The second-order valence-electron chi connectivity index (χ2n) is 14.4. The Morgan fingerprint density at radius 3 is 1.15 bits per heavy atom. The van der Waals surface area contributed by atoms with Crippen molar-refractivity contribution in [3.05, 3.63) is 69.8 Å². The Bertz CT molecular complexity index is 1350. The summed E-state index contributed by atoms with van der Waals surface area (Å²) in [5.74, 6) is -5.82. The molecule has 12 heteroatoms. The zero-order valence-electron chi connectivity index (χ0n) is 28.9. The van der Waals surface area contributed by atoms with Crippen LogP contribution in [0.1, 0.15) is 106 Å². The summed E-state index contributed by atoms with van der Waals surface area (Å²) in [5.41, 5.74) is 3.16. The number of nitrogens with zero attached hydrogens (tertiary/aromatic N) is 1. The van der Waals surface area contributed by atoms with Gasteiger partial charge in [0.15, 0.2) is 11.8 Å². The zero-order chi connectivity index (χ0) is 35.8. The van der Waals surface area contributed by atoms with Crippen molar-refractivity contribution in [1.29, 1.82) is 0 Å². The fourth-order valence-corrected chi connectivity index (χ4v) is 3.81. The quantitative estimate of drug-likeness (QED) is 0.0882. The van der Waals surface area contributed by atoms with Crippen LogP contribution in [-0.2, 0) is 38.1 Å². The summed E-state index contributed by atoms with van der Waals surface area (Å²) >= 11 is 0. The molecule has 0 saturated heterocycles. The third-order valence-electron chi connectivity index (χ3n) is 5.32. The fourth-order valence-electron chi connectivity index (χ4n) is 3.81. The van der Waals surface area contributed by atoms with E-state index in [-0.39, 0.29) is 11.3 Å². The number of hydrogen-bond acceptors (Lipinski definition) is 11. The summed E-state index contributed by atoms with van der Waals surface area (Å²) in [5, 5.41) is 11.2. The van der Waals surface area contributed by atoms with Crippen LogP contribution >= 0.6 is 0 Å². The van der Waals surface area contributed by atoms with Crippen LogP contribution in [0.2, 0.25) is 0 Å². The van der Waals surface area contributed by atoms with Crippen molar-refractivity contribution in [3.63, 3.8) is 0 Å². The highest BCUT2D eigenvalue weighted by atomic mass is 16.6. The lowest BCUT2D eigenvalue weighted by Crippen LogP contribution is -2.35. The summed E-state index contributed by atoms with van der Waals surface area (Å²) in [4.78, 5) is 60.6. The molecule has 12 nitrogen and oxygen atoms in total. The molecule has 0 fully saturated rings. The lowest BCUT2D eigenvalue weighted by molar-refractivity contribution is -0.385. The summed E-state index contributed by atoms with van der Waals surface area (Å²) in [6.45, 7) is 20.3. The molecule has 0 aliphatic heterocycles. The number of nitrogens with two attached hydrogens (primary N) is 1. The molecule has 0 spiro atoms. The van der Waals surface area contributed by atoms with Gasteiger partial charge in [-0.15, -0.1) is 0 Å². The molecule has 254 valence electrons. The molecule has 0 amide bonds.